The van der Waals surface area contributed by atoms with Crippen molar-refractivity contribution in [3.63, 3.8) is 0 Å². The molecule has 3 aromatic rings. The molecule has 0 saturated heterocycles. The summed E-state index contributed by atoms with van der Waals surface area (Å²) in [6, 6.07) is 7.04. The van der Waals surface area contributed by atoms with Crippen LogP contribution < -0.4 is 5.32 Å². The lowest BCUT2D eigenvalue weighted by molar-refractivity contribution is 0.242. The molecule has 24 heavy (non-hydrogen) atoms. The molecule has 2 atom stereocenters. The predicted octanol–water partition coefficient (Wildman–Crippen LogP) is 1.92. The molecule has 0 bridgehead atoms. The summed E-state index contributed by atoms with van der Waals surface area (Å²) in [4.78, 5) is 0. The number of hydrogen-bond acceptors (Lipinski definition) is 5. The Kier molecular flexibility index (Phi) is 4.27. The van der Waals surface area contributed by atoms with E-state index in [0.29, 0.717) is 17.8 Å². The Bertz CT molecular complexity index is 810. The molecule has 1 aromatic carbocycles. The fourth-order valence-electron chi connectivity index (χ4n) is 3.56. The van der Waals surface area contributed by atoms with Crippen molar-refractivity contribution >= 4 is 10.9 Å². The number of hydrogen-bond donors (Lipinski definition) is 3. The maximum atomic E-state index is 9.20. The van der Waals surface area contributed by atoms with Crippen LogP contribution in [0.5, 0.6) is 0 Å². The molecule has 3 N–H and O–H groups in total. The second-order valence-corrected chi connectivity index (χ2v) is 6.48. The topological polar surface area (TPSA) is 91.7 Å². The van der Waals surface area contributed by atoms with Gasteiger partial charge < -0.3 is 10.4 Å². The van der Waals surface area contributed by atoms with Gasteiger partial charge in [-0.15, -0.1) is 5.10 Å². The van der Waals surface area contributed by atoms with E-state index in [9.17, 15) is 5.11 Å². The lowest BCUT2D eigenvalue weighted by atomic mass is 9.90. The highest BCUT2D eigenvalue weighted by Gasteiger charge is 2.27. The van der Waals surface area contributed by atoms with Gasteiger partial charge in [-0.1, -0.05) is 30.2 Å². The molecule has 0 spiro atoms. The average molecular weight is 326 g/mol. The minimum absolute atomic E-state index is 0.0605. The van der Waals surface area contributed by atoms with E-state index in [0.717, 1.165) is 30.3 Å². The summed E-state index contributed by atoms with van der Waals surface area (Å²) in [6.45, 7) is 0.757. The van der Waals surface area contributed by atoms with E-state index < -0.39 is 0 Å². The van der Waals surface area contributed by atoms with E-state index >= 15 is 0 Å². The van der Waals surface area contributed by atoms with Crippen LogP contribution in [-0.4, -0.2) is 36.3 Å². The van der Waals surface area contributed by atoms with Crippen LogP contribution >= 0.6 is 0 Å². The fraction of sp³-hybridized carbons (Fsp3) is 0.471. The molecule has 0 unspecified atom stereocenters. The van der Waals surface area contributed by atoms with Crippen molar-refractivity contribution < 1.29 is 5.11 Å². The molecular weight excluding hydrogens is 304 g/mol. The fourth-order valence-corrected chi connectivity index (χ4v) is 3.56. The Morgan fingerprint density at radius 3 is 3.08 bits per heavy atom. The smallest absolute Gasteiger partial charge is 0.108 e. The number of H-pyrrole nitrogens is 1. The van der Waals surface area contributed by atoms with Crippen LogP contribution in [0.15, 0.2) is 30.6 Å². The summed E-state index contributed by atoms with van der Waals surface area (Å²) in [5.74, 6) is 0. The number of aliphatic hydroxyl groups excluding tert-OH is 1. The van der Waals surface area contributed by atoms with Crippen LogP contribution in [0.3, 0.4) is 0 Å². The summed E-state index contributed by atoms with van der Waals surface area (Å²) in [6.07, 6.45) is 8.36. The van der Waals surface area contributed by atoms with Gasteiger partial charge in [0.15, 0.2) is 0 Å². The van der Waals surface area contributed by atoms with Gasteiger partial charge in [-0.2, -0.15) is 5.10 Å². The molecule has 1 aliphatic carbocycles. The summed E-state index contributed by atoms with van der Waals surface area (Å²) in [5, 5.41) is 29.3. The van der Waals surface area contributed by atoms with Gasteiger partial charge in [-0.25, -0.2) is 4.68 Å². The second kappa shape index (κ2) is 6.70. The summed E-state index contributed by atoms with van der Waals surface area (Å²) < 4.78 is 1.92. The van der Waals surface area contributed by atoms with Crippen molar-refractivity contribution in [1.29, 1.82) is 0 Å². The normalized spacial score (nSPS) is 21.4. The van der Waals surface area contributed by atoms with Crippen molar-refractivity contribution in [3.8, 4) is 0 Å². The van der Waals surface area contributed by atoms with E-state index in [1.54, 1.807) is 0 Å². The molecule has 0 aliphatic heterocycles. The van der Waals surface area contributed by atoms with Gasteiger partial charge in [-0.05, 0) is 24.5 Å². The molecular formula is C17H22N6O. The Morgan fingerprint density at radius 2 is 2.21 bits per heavy atom. The summed E-state index contributed by atoms with van der Waals surface area (Å²) >= 11 is 0. The molecule has 7 heteroatoms. The molecule has 1 saturated carbocycles. The minimum Gasteiger partial charge on any atom is -0.390 e. The maximum Gasteiger partial charge on any atom is 0.108 e. The predicted molar refractivity (Wildman–Crippen MR) is 90.2 cm³/mol. The Hall–Kier alpha value is -2.25. The van der Waals surface area contributed by atoms with Crippen LogP contribution in [0.25, 0.3) is 10.9 Å². The maximum absolute atomic E-state index is 9.20. The molecule has 0 amide bonds. The Balaban J connectivity index is 1.46. The Labute approximate surface area is 140 Å². The van der Waals surface area contributed by atoms with Crippen LogP contribution in [0.2, 0.25) is 0 Å². The van der Waals surface area contributed by atoms with Gasteiger partial charge in [0, 0.05) is 18.0 Å². The third kappa shape index (κ3) is 3.05. The number of aromatic nitrogens is 5. The highest BCUT2D eigenvalue weighted by atomic mass is 16.3. The number of nitrogens with zero attached hydrogens (tertiary/aromatic N) is 4. The van der Waals surface area contributed by atoms with Gasteiger partial charge in [0.05, 0.1) is 30.6 Å². The van der Waals surface area contributed by atoms with Gasteiger partial charge in [0.2, 0.25) is 0 Å². The van der Waals surface area contributed by atoms with E-state index in [2.05, 4.69) is 44.0 Å². The average Bonchev–Trinajstić information content (AvgIpc) is 3.28. The molecule has 7 nitrogen and oxygen atoms in total. The van der Waals surface area contributed by atoms with E-state index in [1.807, 2.05) is 17.1 Å². The molecule has 1 aliphatic rings. The first-order valence-corrected chi connectivity index (χ1v) is 8.50. The summed E-state index contributed by atoms with van der Waals surface area (Å²) in [5.41, 5.74) is 2.94. The van der Waals surface area contributed by atoms with Gasteiger partial charge in [0.1, 0.15) is 5.69 Å². The highest BCUT2D eigenvalue weighted by molar-refractivity contribution is 5.78. The third-order valence-corrected chi connectivity index (χ3v) is 4.86. The van der Waals surface area contributed by atoms with Crippen molar-refractivity contribution in [2.24, 2.45) is 0 Å². The van der Waals surface area contributed by atoms with Crippen molar-refractivity contribution in [1.82, 2.24) is 30.5 Å². The number of benzene rings is 1. The zero-order chi connectivity index (χ0) is 16.4. The number of nitrogens with one attached hydrogen (secondary N) is 2. The molecule has 1 fully saturated rings. The van der Waals surface area contributed by atoms with Crippen LogP contribution in [0.1, 0.15) is 43.0 Å². The van der Waals surface area contributed by atoms with Crippen molar-refractivity contribution in [3.05, 3.63) is 41.9 Å². The van der Waals surface area contributed by atoms with Crippen molar-refractivity contribution in [2.45, 2.75) is 50.9 Å². The number of aliphatic hydroxyl groups is 1. The number of rotatable bonds is 5. The minimum atomic E-state index is -0.0605. The van der Waals surface area contributed by atoms with Gasteiger partial charge in [-0.3, -0.25) is 5.10 Å². The van der Waals surface area contributed by atoms with Crippen molar-refractivity contribution in [2.75, 3.05) is 0 Å². The lowest BCUT2D eigenvalue weighted by Crippen LogP contribution is -2.39. The lowest BCUT2D eigenvalue weighted by Gasteiger charge is -2.32. The molecule has 126 valence electrons. The van der Waals surface area contributed by atoms with Crippen LogP contribution in [-0.2, 0) is 13.2 Å². The molecule has 2 heterocycles. The van der Waals surface area contributed by atoms with E-state index in [1.165, 1.54) is 18.4 Å². The summed E-state index contributed by atoms with van der Waals surface area (Å²) in [7, 11) is 0. The number of fused-ring (bicyclic) bond motifs is 1. The molecule has 4 rings (SSSR count). The Morgan fingerprint density at radius 1 is 1.29 bits per heavy atom. The SMILES string of the molecule is OCc1cn([C@@H]2CCCC[C@@H]2NCc2ccc3cn[nH]c3c2)nn1. The van der Waals surface area contributed by atoms with Gasteiger partial charge >= 0.3 is 0 Å². The van der Waals surface area contributed by atoms with E-state index in [-0.39, 0.29) is 6.61 Å². The van der Waals surface area contributed by atoms with E-state index in [4.69, 9.17) is 0 Å². The molecule has 2 aromatic heterocycles. The first-order valence-electron chi connectivity index (χ1n) is 8.50. The molecule has 0 radical (unpaired) electrons. The first-order chi connectivity index (χ1) is 11.8. The second-order valence-electron chi connectivity index (χ2n) is 6.48. The largest absolute Gasteiger partial charge is 0.390 e. The number of aromatic amines is 1. The third-order valence-electron chi connectivity index (χ3n) is 4.86. The highest BCUT2D eigenvalue weighted by Crippen LogP contribution is 2.28. The van der Waals surface area contributed by atoms with Crippen LogP contribution in [0.4, 0.5) is 0 Å². The monoisotopic (exact) mass is 326 g/mol. The zero-order valence-corrected chi connectivity index (χ0v) is 13.5. The quantitative estimate of drug-likeness (QED) is 0.666. The van der Waals surface area contributed by atoms with Crippen LogP contribution in [0, 0.1) is 0 Å². The van der Waals surface area contributed by atoms with Gasteiger partial charge in [0.25, 0.3) is 0 Å². The standard InChI is InChI=1S/C17H22N6O/c24-11-14-10-23(22-20-14)17-4-2-1-3-15(17)18-8-12-5-6-13-9-19-21-16(13)7-12/h5-7,9-10,15,17-18,24H,1-4,8,11H2,(H,19,21)/t15-,17+/m0/s1. The zero-order valence-electron chi connectivity index (χ0n) is 13.5. The first kappa shape index (κ1) is 15.3.